The second-order valence-corrected chi connectivity index (χ2v) is 13.9. The minimum Gasteiger partial charge on any atom is -0.453 e. The van der Waals surface area contributed by atoms with E-state index in [-0.39, 0.29) is 6.09 Å². The number of methoxy groups -OCH3 is 1. The van der Waals surface area contributed by atoms with Crippen LogP contribution in [0.5, 0.6) is 0 Å². The van der Waals surface area contributed by atoms with Crippen molar-refractivity contribution in [1.29, 1.82) is 0 Å². The van der Waals surface area contributed by atoms with Gasteiger partial charge in [0.05, 0.1) is 19.2 Å². The maximum Gasteiger partial charge on any atom is 0.409 e. The van der Waals surface area contributed by atoms with Gasteiger partial charge < -0.3 is 15.0 Å². The zero-order valence-electron chi connectivity index (χ0n) is 29.4. The Kier molecular flexibility index (Phi) is 11.5. The Balaban J connectivity index is 0.000000159. The molecule has 4 aromatic rings. The molecule has 1 amide bonds. The standard InChI is InChI=1S/C22H27N3O2.C20H25N3/c1-27-22(26)24-14-12-23(13-15-24)20-16-25(17-20)21(18-8-4-2-5-9-18)19-10-6-3-7-11-19;1-3-7-17(8-4-1)20(18-9-5-2-6-10-18)23-15-19(16-23)22-13-11-21-12-14-22/h2-11,20-21H,12-17H2,1H3;1-10,19-21H,11-16H2. The van der Waals surface area contributed by atoms with E-state index in [2.05, 4.69) is 146 Å². The average molecular weight is 673 g/mol. The molecule has 4 aliphatic heterocycles. The second-order valence-electron chi connectivity index (χ2n) is 13.9. The molecular weight excluding hydrogens is 621 g/mol. The summed E-state index contributed by atoms with van der Waals surface area (Å²) in [6.07, 6.45) is -0.210. The molecule has 0 aliphatic carbocycles. The number of benzene rings is 4. The number of ether oxygens (including phenoxy) is 1. The quantitative estimate of drug-likeness (QED) is 0.276. The molecule has 50 heavy (non-hydrogen) atoms. The lowest BCUT2D eigenvalue weighted by molar-refractivity contribution is -0.00826. The first-order chi connectivity index (χ1) is 24.7. The molecule has 0 atom stereocenters. The van der Waals surface area contributed by atoms with Crippen molar-refractivity contribution in [3.05, 3.63) is 144 Å². The van der Waals surface area contributed by atoms with Gasteiger partial charge in [-0.05, 0) is 22.3 Å². The molecule has 1 N–H and O–H groups in total. The monoisotopic (exact) mass is 672 g/mol. The summed E-state index contributed by atoms with van der Waals surface area (Å²) >= 11 is 0. The molecule has 8 rings (SSSR count). The number of rotatable bonds is 8. The summed E-state index contributed by atoms with van der Waals surface area (Å²) in [5.74, 6) is 0. The van der Waals surface area contributed by atoms with Crippen LogP contribution in [0, 0.1) is 0 Å². The number of piperazine rings is 2. The van der Waals surface area contributed by atoms with E-state index in [1.165, 1.54) is 55.5 Å². The van der Waals surface area contributed by atoms with Gasteiger partial charge in [0, 0.05) is 90.6 Å². The third kappa shape index (κ3) is 8.12. The third-order valence-electron chi connectivity index (χ3n) is 10.9. The number of amides is 1. The van der Waals surface area contributed by atoms with E-state index in [1.807, 2.05) is 0 Å². The minimum absolute atomic E-state index is 0.210. The van der Waals surface area contributed by atoms with E-state index in [0.29, 0.717) is 18.1 Å². The highest BCUT2D eigenvalue weighted by Crippen LogP contribution is 2.35. The van der Waals surface area contributed by atoms with Crippen molar-refractivity contribution in [2.24, 2.45) is 0 Å². The van der Waals surface area contributed by atoms with Crippen LogP contribution in [0.2, 0.25) is 0 Å². The minimum atomic E-state index is -0.210. The summed E-state index contributed by atoms with van der Waals surface area (Å²) in [6, 6.07) is 45.4. The molecule has 0 aromatic heterocycles. The van der Waals surface area contributed by atoms with E-state index in [0.717, 1.165) is 58.4 Å². The van der Waals surface area contributed by atoms with Crippen LogP contribution in [0.3, 0.4) is 0 Å². The molecule has 0 spiro atoms. The zero-order chi connectivity index (χ0) is 34.1. The first kappa shape index (κ1) is 34.4. The van der Waals surface area contributed by atoms with E-state index < -0.39 is 0 Å². The molecule has 262 valence electrons. The normalized spacial score (nSPS) is 19.8. The molecule has 0 saturated carbocycles. The summed E-state index contributed by atoms with van der Waals surface area (Å²) in [7, 11) is 1.45. The Morgan fingerprint density at radius 1 is 0.540 bits per heavy atom. The first-order valence-electron chi connectivity index (χ1n) is 18.4. The highest BCUT2D eigenvalue weighted by atomic mass is 16.5. The molecule has 4 saturated heterocycles. The van der Waals surface area contributed by atoms with Gasteiger partial charge in [-0.3, -0.25) is 19.6 Å². The van der Waals surface area contributed by atoms with Crippen LogP contribution in [0.15, 0.2) is 121 Å². The van der Waals surface area contributed by atoms with E-state index >= 15 is 0 Å². The Morgan fingerprint density at radius 3 is 1.22 bits per heavy atom. The topological polar surface area (TPSA) is 54.5 Å². The zero-order valence-corrected chi connectivity index (χ0v) is 29.4. The van der Waals surface area contributed by atoms with Gasteiger partial charge in [-0.1, -0.05) is 121 Å². The molecule has 0 bridgehead atoms. The summed E-state index contributed by atoms with van der Waals surface area (Å²) in [6.45, 7) is 12.5. The van der Waals surface area contributed by atoms with Crippen LogP contribution in [-0.4, -0.2) is 128 Å². The van der Waals surface area contributed by atoms with Crippen molar-refractivity contribution in [1.82, 2.24) is 29.8 Å². The first-order valence-corrected chi connectivity index (χ1v) is 18.4. The molecule has 0 unspecified atom stereocenters. The number of nitrogens with zero attached hydrogens (tertiary/aromatic N) is 5. The lowest BCUT2D eigenvalue weighted by atomic mass is 9.92. The van der Waals surface area contributed by atoms with Gasteiger partial charge in [-0.15, -0.1) is 0 Å². The summed E-state index contributed by atoms with van der Waals surface area (Å²) in [5.41, 5.74) is 5.49. The van der Waals surface area contributed by atoms with Gasteiger partial charge in [-0.25, -0.2) is 4.79 Å². The number of likely N-dealkylation sites (tertiary alicyclic amines) is 2. The fourth-order valence-corrected chi connectivity index (χ4v) is 8.07. The summed E-state index contributed by atoms with van der Waals surface area (Å²) in [4.78, 5) is 23.8. The van der Waals surface area contributed by atoms with Gasteiger partial charge in [-0.2, -0.15) is 0 Å². The molecule has 4 heterocycles. The molecule has 4 fully saturated rings. The van der Waals surface area contributed by atoms with Crippen molar-refractivity contribution < 1.29 is 9.53 Å². The molecule has 0 radical (unpaired) electrons. The number of carbonyl (C=O) groups excluding carboxylic acids is 1. The maximum absolute atomic E-state index is 11.7. The predicted octanol–water partition coefficient (Wildman–Crippen LogP) is 5.21. The Labute approximate surface area is 298 Å². The van der Waals surface area contributed by atoms with E-state index in [4.69, 9.17) is 4.74 Å². The van der Waals surface area contributed by atoms with Crippen molar-refractivity contribution in [3.63, 3.8) is 0 Å². The van der Waals surface area contributed by atoms with Crippen LogP contribution in [0.1, 0.15) is 34.3 Å². The number of hydrogen-bond donors (Lipinski definition) is 1. The molecule has 4 aromatic carbocycles. The van der Waals surface area contributed by atoms with E-state index in [1.54, 1.807) is 4.90 Å². The van der Waals surface area contributed by atoms with Gasteiger partial charge in [0.15, 0.2) is 0 Å². The maximum atomic E-state index is 11.7. The summed E-state index contributed by atoms with van der Waals surface area (Å²) < 4.78 is 4.83. The van der Waals surface area contributed by atoms with Crippen molar-refractivity contribution >= 4 is 6.09 Å². The predicted molar refractivity (Wildman–Crippen MR) is 200 cm³/mol. The number of nitrogens with one attached hydrogen (secondary N) is 1. The van der Waals surface area contributed by atoms with Gasteiger partial charge in [0.1, 0.15) is 0 Å². The fourth-order valence-electron chi connectivity index (χ4n) is 8.07. The number of hydrogen-bond acceptors (Lipinski definition) is 7. The van der Waals surface area contributed by atoms with Gasteiger partial charge >= 0.3 is 6.09 Å². The molecule has 8 nitrogen and oxygen atoms in total. The van der Waals surface area contributed by atoms with Crippen molar-refractivity contribution in [2.45, 2.75) is 24.2 Å². The lowest BCUT2D eigenvalue weighted by Gasteiger charge is -2.50. The number of carbonyl (C=O) groups is 1. The highest BCUT2D eigenvalue weighted by molar-refractivity contribution is 5.67. The largest absolute Gasteiger partial charge is 0.453 e. The van der Waals surface area contributed by atoms with Gasteiger partial charge in [0.2, 0.25) is 0 Å². The summed E-state index contributed by atoms with van der Waals surface area (Å²) in [5, 5.41) is 3.45. The fraction of sp³-hybridized carbons (Fsp3) is 0.405. The SMILES string of the molecule is COC(=O)N1CCN(C2CN(C(c3ccccc3)c3ccccc3)C2)CC1.c1ccc(C(c2ccccc2)N2CC(N3CCNCC3)C2)cc1. The van der Waals surface area contributed by atoms with Crippen LogP contribution in [0.25, 0.3) is 0 Å². The van der Waals surface area contributed by atoms with Crippen molar-refractivity contribution in [2.75, 3.05) is 85.6 Å². The average Bonchev–Trinajstić information content (AvgIpc) is 3.16. The van der Waals surface area contributed by atoms with Gasteiger partial charge in [0.25, 0.3) is 0 Å². The molecule has 8 heteroatoms. The smallest absolute Gasteiger partial charge is 0.409 e. The Morgan fingerprint density at radius 2 is 0.880 bits per heavy atom. The lowest BCUT2D eigenvalue weighted by Crippen LogP contribution is -2.63. The third-order valence-corrected chi connectivity index (χ3v) is 10.9. The molecular formula is C42H52N6O2. The second kappa shape index (κ2) is 16.8. The Hall–Kier alpha value is -4.05. The van der Waals surface area contributed by atoms with Crippen LogP contribution in [-0.2, 0) is 4.74 Å². The van der Waals surface area contributed by atoms with Crippen LogP contribution < -0.4 is 5.32 Å². The van der Waals surface area contributed by atoms with Crippen molar-refractivity contribution in [3.8, 4) is 0 Å². The Bertz CT molecular complexity index is 1510. The van der Waals surface area contributed by atoms with Crippen LogP contribution >= 0.6 is 0 Å². The molecule has 4 aliphatic rings. The van der Waals surface area contributed by atoms with E-state index in [9.17, 15) is 4.79 Å². The highest BCUT2D eigenvalue weighted by Gasteiger charge is 2.39. The van der Waals surface area contributed by atoms with Crippen LogP contribution in [0.4, 0.5) is 4.79 Å².